The van der Waals surface area contributed by atoms with Gasteiger partial charge in [0.25, 0.3) is 5.89 Å². The van der Waals surface area contributed by atoms with E-state index in [4.69, 9.17) is 16.1 Å². The highest BCUT2D eigenvalue weighted by Gasteiger charge is 2.32. The third-order valence-electron chi connectivity index (χ3n) is 3.10. The van der Waals surface area contributed by atoms with Crippen molar-refractivity contribution in [2.24, 2.45) is 0 Å². The Morgan fingerprint density at radius 3 is 3.15 bits per heavy atom. The summed E-state index contributed by atoms with van der Waals surface area (Å²) in [4.78, 5) is 17.7. The molecule has 1 aliphatic rings. The van der Waals surface area contributed by atoms with Gasteiger partial charge < -0.3 is 9.42 Å². The first kappa shape index (κ1) is 13.5. The summed E-state index contributed by atoms with van der Waals surface area (Å²) in [6.45, 7) is 1.55. The molecule has 1 atom stereocenters. The van der Waals surface area contributed by atoms with Gasteiger partial charge in [-0.05, 0) is 12.1 Å². The van der Waals surface area contributed by atoms with Crippen molar-refractivity contribution < 1.29 is 9.32 Å². The zero-order chi connectivity index (χ0) is 14.1. The summed E-state index contributed by atoms with van der Waals surface area (Å²) in [5.41, 5.74) is 0.799. The van der Waals surface area contributed by atoms with Crippen LogP contribution in [0.15, 0.2) is 28.8 Å². The van der Waals surface area contributed by atoms with E-state index >= 15 is 0 Å². The van der Waals surface area contributed by atoms with Crippen molar-refractivity contribution in [1.29, 1.82) is 0 Å². The van der Waals surface area contributed by atoms with E-state index in [-0.39, 0.29) is 11.9 Å². The Hall–Kier alpha value is -1.53. The Kier molecular flexibility index (Phi) is 3.67. The van der Waals surface area contributed by atoms with Gasteiger partial charge in [-0.1, -0.05) is 28.9 Å². The van der Waals surface area contributed by atoms with Gasteiger partial charge in [-0.2, -0.15) is 4.98 Å². The fourth-order valence-corrected chi connectivity index (χ4v) is 3.47. The SMILES string of the molecule is CC(=O)N1CSCC1c1nc(-c2cccc(Cl)c2)no1. The third-order valence-corrected chi connectivity index (χ3v) is 4.34. The van der Waals surface area contributed by atoms with Crippen molar-refractivity contribution in [2.45, 2.75) is 13.0 Å². The zero-order valence-electron chi connectivity index (χ0n) is 10.7. The third kappa shape index (κ3) is 2.53. The minimum absolute atomic E-state index is 0.0162. The molecule has 0 aliphatic carbocycles. The number of aromatic nitrogens is 2. The number of hydrogen-bond donors (Lipinski definition) is 0. The van der Waals surface area contributed by atoms with E-state index in [1.807, 2.05) is 12.1 Å². The average molecular weight is 310 g/mol. The molecular formula is C13H12ClN3O2S. The molecule has 2 aromatic rings. The molecule has 2 heterocycles. The Bertz CT molecular complexity index is 646. The molecule has 0 spiro atoms. The molecule has 7 heteroatoms. The van der Waals surface area contributed by atoms with Gasteiger partial charge in [0, 0.05) is 23.3 Å². The van der Waals surface area contributed by atoms with Gasteiger partial charge in [0.05, 0.1) is 5.88 Å². The molecule has 20 heavy (non-hydrogen) atoms. The number of rotatable bonds is 2. The number of nitrogens with zero attached hydrogens (tertiary/aromatic N) is 3. The first-order valence-corrected chi connectivity index (χ1v) is 7.63. The molecule has 104 valence electrons. The van der Waals surface area contributed by atoms with Crippen molar-refractivity contribution in [2.75, 3.05) is 11.6 Å². The zero-order valence-corrected chi connectivity index (χ0v) is 12.3. The summed E-state index contributed by atoms with van der Waals surface area (Å²) in [5.74, 6) is 2.41. The van der Waals surface area contributed by atoms with Gasteiger partial charge in [-0.3, -0.25) is 4.79 Å². The maximum atomic E-state index is 11.6. The van der Waals surface area contributed by atoms with Crippen LogP contribution < -0.4 is 0 Å². The van der Waals surface area contributed by atoms with Crippen molar-refractivity contribution in [3.05, 3.63) is 35.2 Å². The number of halogens is 1. The molecule has 0 bridgehead atoms. The highest BCUT2D eigenvalue weighted by atomic mass is 35.5. The lowest BCUT2D eigenvalue weighted by atomic mass is 10.2. The highest BCUT2D eigenvalue weighted by molar-refractivity contribution is 7.99. The van der Waals surface area contributed by atoms with E-state index in [0.717, 1.165) is 11.3 Å². The van der Waals surface area contributed by atoms with Crippen LogP contribution in [0.1, 0.15) is 18.9 Å². The summed E-state index contributed by atoms with van der Waals surface area (Å²) in [6, 6.07) is 7.13. The number of thioether (sulfide) groups is 1. The maximum Gasteiger partial charge on any atom is 0.250 e. The lowest BCUT2D eigenvalue weighted by molar-refractivity contribution is -0.129. The standard InChI is InChI=1S/C13H12ClN3O2S/c1-8(18)17-7-20-6-11(17)13-15-12(16-19-13)9-3-2-4-10(14)5-9/h2-5,11H,6-7H2,1H3. The molecule has 1 fully saturated rings. The fourth-order valence-electron chi connectivity index (χ4n) is 2.07. The van der Waals surface area contributed by atoms with Crippen LogP contribution in [-0.4, -0.2) is 32.6 Å². The number of amides is 1. The first-order valence-electron chi connectivity index (χ1n) is 6.09. The summed E-state index contributed by atoms with van der Waals surface area (Å²) < 4.78 is 5.31. The van der Waals surface area contributed by atoms with Gasteiger partial charge in [0.2, 0.25) is 11.7 Å². The molecule has 0 saturated carbocycles. The van der Waals surface area contributed by atoms with Gasteiger partial charge in [-0.15, -0.1) is 11.8 Å². The molecule has 1 aromatic heterocycles. The van der Waals surface area contributed by atoms with Gasteiger partial charge >= 0.3 is 0 Å². The van der Waals surface area contributed by atoms with Crippen molar-refractivity contribution in [3.63, 3.8) is 0 Å². The van der Waals surface area contributed by atoms with Crippen molar-refractivity contribution >= 4 is 29.3 Å². The van der Waals surface area contributed by atoms with Crippen LogP contribution in [0, 0.1) is 0 Å². The maximum absolute atomic E-state index is 11.6. The van der Waals surface area contributed by atoms with Gasteiger partial charge in [0.1, 0.15) is 6.04 Å². The molecule has 1 saturated heterocycles. The van der Waals surface area contributed by atoms with Crippen LogP contribution in [0.25, 0.3) is 11.4 Å². The Morgan fingerprint density at radius 2 is 2.40 bits per heavy atom. The number of benzene rings is 1. The first-order chi connectivity index (χ1) is 9.65. The topological polar surface area (TPSA) is 59.2 Å². The van der Waals surface area contributed by atoms with Crippen LogP contribution in [0.3, 0.4) is 0 Å². The van der Waals surface area contributed by atoms with E-state index in [0.29, 0.717) is 22.6 Å². The predicted octanol–water partition coefficient (Wildman–Crippen LogP) is 2.98. The normalized spacial score (nSPS) is 18.5. The summed E-state index contributed by atoms with van der Waals surface area (Å²) in [5, 5.41) is 4.59. The second-order valence-corrected chi connectivity index (χ2v) is 5.91. The minimum Gasteiger partial charge on any atom is -0.337 e. The fraction of sp³-hybridized carbons (Fsp3) is 0.308. The van der Waals surface area contributed by atoms with E-state index in [9.17, 15) is 4.79 Å². The second-order valence-electron chi connectivity index (χ2n) is 4.47. The van der Waals surface area contributed by atoms with Crippen molar-refractivity contribution in [1.82, 2.24) is 15.0 Å². The monoisotopic (exact) mass is 309 g/mol. The lowest BCUT2D eigenvalue weighted by Crippen LogP contribution is -2.28. The molecule has 1 aromatic carbocycles. The van der Waals surface area contributed by atoms with E-state index in [1.165, 1.54) is 0 Å². The Labute approximate surface area is 125 Å². The molecule has 5 nitrogen and oxygen atoms in total. The smallest absolute Gasteiger partial charge is 0.250 e. The van der Waals surface area contributed by atoms with Crippen LogP contribution in [0.5, 0.6) is 0 Å². The summed E-state index contributed by atoms with van der Waals surface area (Å²) in [7, 11) is 0. The molecular weight excluding hydrogens is 298 g/mol. The number of hydrogen-bond acceptors (Lipinski definition) is 5. The number of carbonyl (C=O) groups is 1. The molecule has 0 N–H and O–H groups in total. The van der Waals surface area contributed by atoms with E-state index in [1.54, 1.807) is 35.7 Å². The quantitative estimate of drug-likeness (QED) is 0.853. The van der Waals surface area contributed by atoms with Crippen LogP contribution in [-0.2, 0) is 4.79 Å². The van der Waals surface area contributed by atoms with E-state index < -0.39 is 0 Å². The largest absolute Gasteiger partial charge is 0.337 e. The van der Waals surface area contributed by atoms with Crippen LogP contribution in [0.4, 0.5) is 0 Å². The molecule has 1 unspecified atom stereocenters. The summed E-state index contributed by atoms with van der Waals surface area (Å²) in [6.07, 6.45) is 0. The lowest BCUT2D eigenvalue weighted by Gasteiger charge is -2.18. The molecule has 0 radical (unpaired) electrons. The highest BCUT2D eigenvalue weighted by Crippen LogP contribution is 2.33. The Morgan fingerprint density at radius 1 is 1.55 bits per heavy atom. The van der Waals surface area contributed by atoms with Crippen LogP contribution >= 0.6 is 23.4 Å². The Balaban J connectivity index is 1.89. The molecule has 3 rings (SSSR count). The molecule has 1 amide bonds. The summed E-state index contributed by atoms with van der Waals surface area (Å²) >= 11 is 7.63. The van der Waals surface area contributed by atoms with Crippen molar-refractivity contribution in [3.8, 4) is 11.4 Å². The van der Waals surface area contributed by atoms with Gasteiger partial charge in [-0.25, -0.2) is 0 Å². The van der Waals surface area contributed by atoms with Crippen LogP contribution in [0.2, 0.25) is 5.02 Å². The van der Waals surface area contributed by atoms with Gasteiger partial charge in [0.15, 0.2) is 0 Å². The predicted molar refractivity (Wildman–Crippen MR) is 77.3 cm³/mol. The second kappa shape index (κ2) is 5.46. The molecule has 1 aliphatic heterocycles. The number of carbonyl (C=O) groups excluding carboxylic acids is 1. The average Bonchev–Trinajstić information content (AvgIpc) is 3.07. The van der Waals surface area contributed by atoms with E-state index in [2.05, 4.69) is 10.1 Å². The minimum atomic E-state index is -0.141.